The lowest BCUT2D eigenvalue weighted by atomic mass is 9.93. The van der Waals surface area contributed by atoms with E-state index in [1.165, 1.54) is 9.75 Å². The first kappa shape index (κ1) is 10.1. The molecule has 0 amide bonds. The first-order valence-corrected chi connectivity index (χ1v) is 5.86. The summed E-state index contributed by atoms with van der Waals surface area (Å²) in [5.74, 6) is 0. The quantitative estimate of drug-likeness (QED) is 0.804. The van der Waals surface area contributed by atoms with Crippen LogP contribution in [0.25, 0.3) is 0 Å². The second-order valence-corrected chi connectivity index (χ2v) is 5.80. The Morgan fingerprint density at radius 2 is 2.21 bits per heavy atom. The molecule has 0 bridgehead atoms. The van der Waals surface area contributed by atoms with Gasteiger partial charge in [-0.3, -0.25) is 0 Å². The van der Waals surface area contributed by atoms with E-state index in [0.29, 0.717) is 6.54 Å². The summed E-state index contributed by atoms with van der Waals surface area (Å²) in [5.41, 5.74) is 6.80. The first-order valence-electron chi connectivity index (χ1n) is 5.04. The second-order valence-electron chi connectivity index (χ2n) is 4.34. The number of aliphatic hydroxyl groups is 1. The van der Waals surface area contributed by atoms with Crippen LogP contribution >= 0.6 is 11.3 Å². The molecule has 1 fully saturated rings. The average Bonchev–Trinajstić information content (AvgIpc) is 2.87. The third-order valence-corrected chi connectivity index (χ3v) is 4.23. The van der Waals surface area contributed by atoms with Gasteiger partial charge in [0.05, 0.1) is 6.10 Å². The molecule has 0 radical (unpaired) electrons. The number of aliphatic hydroxyl groups excluding tert-OH is 1. The predicted molar refractivity (Wildman–Crippen MR) is 59.5 cm³/mol. The summed E-state index contributed by atoms with van der Waals surface area (Å²) in [6.45, 7) is 4.75. The van der Waals surface area contributed by atoms with Gasteiger partial charge in [-0.25, -0.2) is 0 Å². The Labute approximate surface area is 88.8 Å². The largest absolute Gasteiger partial charge is 0.388 e. The van der Waals surface area contributed by atoms with Gasteiger partial charge in [0, 0.05) is 21.7 Å². The molecule has 3 N–H and O–H groups in total. The lowest BCUT2D eigenvalue weighted by molar-refractivity contribution is 0.0974. The highest BCUT2D eigenvalue weighted by molar-refractivity contribution is 7.12. The highest BCUT2D eigenvalue weighted by atomic mass is 32.1. The fraction of sp³-hybridized carbons (Fsp3) is 0.636. The Balaban J connectivity index is 2.27. The van der Waals surface area contributed by atoms with Crippen molar-refractivity contribution in [1.29, 1.82) is 0 Å². The van der Waals surface area contributed by atoms with Crippen molar-refractivity contribution in [2.24, 2.45) is 11.1 Å². The molecule has 0 saturated heterocycles. The zero-order valence-corrected chi connectivity index (χ0v) is 9.53. The molecule has 2 rings (SSSR count). The lowest BCUT2D eigenvalue weighted by Gasteiger charge is -2.20. The van der Waals surface area contributed by atoms with Gasteiger partial charge in [0.25, 0.3) is 0 Å². The third-order valence-electron chi connectivity index (χ3n) is 3.25. The van der Waals surface area contributed by atoms with E-state index in [4.69, 9.17) is 5.73 Å². The number of hydrogen-bond donors (Lipinski definition) is 2. The molecule has 1 aromatic heterocycles. The molecule has 1 heterocycles. The molecule has 1 aliphatic rings. The molecule has 14 heavy (non-hydrogen) atoms. The number of nitrogens with two attached hydrogens (primary N) is 1. The van der Waals surface area contributed by atoms with Crippen molar-refractivity contribution in [2.75, 3.05) is 6.54 Å². The van der Waals surface area contributed by atoms with Gasteiger partial charge in [-0.2, -0.15) is 0 Å². The van der Waals surface area contributed by atoms with E-state index in [-0.39, 0.29) is 11.5 Å². The van der Waals surface area contributed by atoms with E-state index >= 15 is 0 Å². The molecule has 78 valence electrons. The molecule has 0 aromatic carbocycles. The fourth-order valence-corrected chi connectivity index (χ4v) is 2.96. The zero-order valence-electron chi connectivity index (χ0n) is 8.71. The minimum Gasteiger partial charge on any atom is -0.388 e. The molecule has 1 aliphatic carbocycles. The molecule has 0 aliphatic heterocycles. The van der Waals surface area contributed by atoms with Crippen molar-refractivity contribution >= 4 is 11.3 Å². The summed E-state index contributed by atoms with van der Waals surface area (Å²) in [5, 5.41) is 10.2. The van der Waals surface area contributed by atoms with Crippen LogP contribution in [0.2, 0.25) is 0 Å². The van der Waals surface area contributed by atoms with Gasteiger partial charge in [-0.05, 0) is 38.3 Å². The Bertz CT molecular complexity index is 341. The fourth-order valence-electron chi connectivity index (χ4n) is 2.00. The summed E-state index contributed by atoms with van der Waals surface area (Å²) in [4.78, 5) is 2.50. The monoisotopic (exact) mass is 211 g/mol. The lowest BCUT2D eigenvalue weighted by Crippen LogP contribution is -2.23. The van der Waals surface area contributed by atoms with Gasteiger partial charge in [0.15, 0.2) is 0 Å². The van der Waals surface area contributed by atoms with E-state index in [1.54, 1.807) is 11.3 Å². The van der Waals surface area contributed by atoms with Crippen molar-refractivity contribution < 1.29 is 5.11 Å². The highest BCUT2D eigenvalue weighted by Gasteiger charge is 2.48. The first-order chi connectivity index (χ1) is 6.59. The van der Waals surface area contributed by atoms with Crippen LogP contribution in [0.5, 0.6) is 0 Å². The highest BCUT2D eigenvalue weighted by Crippen LogP contribution is 2.55. The zero-order chi connectivity index (χ0) is 10.3. The minimum atomic E-state index is -0.350. The molecule has 1 unspecified atom stereocenters. The van der Waals surface area contributed by atoms with Crippen LogP contribution in [-0.4, -0.2) is 11.7 Å². The van der Waals surface area contributed by atoms with Gasteiger partial charge in [0.1, 0.15) is 0 Å². The summed E-state index contributed by atoms with van der Waals surface area (Å²) in [6.07, 6.45) is 1.79. The van der Waals surface area contributed by atoms with Crippen LogP contribution in [0, 0.1) is 19.3 Å². The number of hydrogen-bond acceptors (Lipinski definition) is 3. The maximum atomic E-state index is 10.2. The van der Waals surface area contributed by atoms with Crippen molar-refractivity contribution in [2.45, 2.75) is 32.8 Å². The van der Waals surface area contributed by atoms with E-state index in [9.17, 15) is 5.11 Å². The summed E-state index contributed by atoms with van der Waals surface area (Å²) in [7, 11) is 0. The molecule has 3 heteroatoms. The van der Waals surface area contributed by atoms with E-state index in [2.05, 4.69) is 19.9 Å². The van der Waals surface area contributed by atoms with Crippen LogP contribution in [0.4, 0.5) is 0 Å². The number of rotatable bonds is 3. The Kier molecular flexibility index (Phi) is 2.41. The maximum Gasteiger partial charge on any atom is 0.0869 e. The smallest absolute Gasteiger partial charge is 0.0869 e. The van der Waals surface area contributed by atoms with Crippen LogP contribution < -0.4 is 5.73 Å². The maximum absolute atomic E-state index is 10.2. The van der Waals surface area contributed by atoms with E-state index < -0.39 is 0 Å². The van der Waals surface area contributed by atoms with Gasteiger partial charge < -0.3 is 10.8 Å². The normalized spacial score (nSPS) is 20.9. The predicted octanol–water partition coefficient (Wildman–Crippen LogP) is 2.14. The Hall–Kier alpha value is -0.380. The third kappa shape index (κ3) is 1.49. The van der Waals surface area contributed by atoms with Crippen LogP contribution in [0.1, 0.15) is 34.3 Å². The molecule has 1 aromatic rings. The van der Waals surface area contributed by atoms with E-state index in [1.807, 2.05) is 0 Å². The van der Waals surface area contributed by atoms with Crippen molar-refractivity contribution in [3.63, 3.8) is 0 Å². The standard InChI is InChI=1S/C11H17NOS/c1-7-5-9(8(2)14-7)10(13)11(6-12)3-4-11/h5,10,13H,3-4,6,12H2,1-2H3. The summed E-state index contributed by atoms with van der Waals surface area (Å²) >= 11 is 1.75. The molecule has 0 spiro atoms. The molecular weight excluding hydrogens is 194 g/mol. The van der Waals surface area contributed by atoms with Gasteiger partial charge in [-0.1, -0.05) is 0 Å². The van der Waals surface area contributed by atoms with Gasteiger partial charge in [-0.15, -0.1) is 11.3 Å². The molecule has 1 saturated carbocycles. The van der Waals surface area contributed by atoms with Crippen LogP contribution in [-0.2, 0) is 0 Å². The number of aryl methyl sites for hydroxylation is 2. The Morgan fingerprint density at radius 1 is 1.57 bits per heavy atom. The molecule has 1 atom stereocenters. The average molecular weight is 211 g/mol. The van der Waals surface area contributed by atoms with Crippen molar-refractivity contribution in [1.82, 2.24) is 0 Å². The second kappa shape index (κ2) is 3.33. The minimum absolute atomic E-state index is 0.00171. The van der Waals surface area contributed by atoms with Crippen LogP contribution in [0.3, 0.4) is 0 Å². The molecular formula is C11H17NOS. The summed E-state index contributed by atoms with van der Waals surface area (Å²) < 4.78 is 0. The topological polar surface area (TPSA) is 46.2 Å². The number of thiophene rings is 1. The van der Waals surface area contributed by atoms with Gasteiger partial charge in [0.2, 0.25) is 0 Å². The van der Waals surface area contributed by atoms with E-state index in [0.717, 1.165) is 18.4 Å². The van der Waals surface area contributed by atoms with Crippen LogP contribution in [0.15, 0.2) is 6.07 Å². The Morgan fingerprint density at radius 3 is 2.57 bits per heavy atom. The van der Waals surface area contributed by atoms with Gasteiger partial charge >= 0.3 is 0 Å². The summed E-state index contributed by atoms with van der Waals surface area (Å²) in [6, 6.07) is 2.10. The van der Waals surface area contributed by atoms with Crippen molar-refractivity contribution in [3.8, 4) is 0 Å². The van der Waals surface area contributed by atoms with Crippen molar-refractivity contribution in [3.05, 3.63) is 21.4 Å². The molecule has 2 nitrogen and oxygen atoms in total. The SMILES string of the molecule is Cc1cc(C(O)C2(CN)CC2)c(C)s1.